The molecule has 1 aliphatic carbocycles. The molecule has 2 heterocycles. The van der Waals surface area contributed by atoms with E-state index in [4.69, 9.17) is 46.4 Å². The van der Waals surface area contributed by atoms with Crippen molar-refractivity contribution >= 4 is 58.2 Å². The van der Waals surface area contributed by atoms with Crippen LogP contribution in [0.1, 0.15) is 24.8 Å². The average Bonchev–Trinajstić information content (AvgIpc) is 2.65. The second kappa shape index (κ2) is 10.3. The number of anilines is 1. The summed E-state index contributed by atoms with van der Waals surface area (Å²) < 4.78 is 0. The zero-order valence-corrected chi connectivity index (χ0v) is 18.2. The topological polar surface area (TPSA) is 69.4 Å². The number of fused-ring (bicyclic) bond motifs is 2. The zero-order chi connectivity index (χ0) is 18.8. The maximum Gasteiger partial charge on any atom is 2.00 e. The Morgan fingerprint density at radius 1 is 1.19 bits per heavy atom. The molecule has 1 aromatic carbocycles. The molecule has 0 aromatic heterocycles. The number of hydrogen-bond acceptors (Lipinski definition) is 3. The van der Waals surface area contributed by atoms with E-state index in [0.717, 1.165) is 24.9 Å². The Kier molecular flexibility index (Phi) is 8.91. The van der Waals surface area contributed by atoms with Gasteiger partial charge in [-0.05, 0) is 18.4 Å². The third kappa shape index (κ3) is 5.21. The number of hydrogen-bond donors (Lipinski definition) is 2. The molecule has 27 heavy (non-hydrogen) atoms. The van der Waals surface area contributed by atoms with E-state index in [0.29, 0.717) is 29.6 Å². The number of nitrogens with zero attached hydrogens (tertiary/aromatic N) is 1. The molecule has 1 aromatic rings. The predicted octanol–water partition coefficient (Wildman–Crippen LogP) is 4.62. The van der Waals surface area contributed by atoms with Crippen molar-refractivity contribution < 1.29 is 27.3 Å². The number of aliphatic hydroxyl groups is 1. The molecule has 1 saturated heterocycles. The van der Waals surface area contributed by atoms with Gasteiger partial charge in [-0.15, -0.1) is 35.8 Å². The SMILES string of the molecule is OC1C(Cl)CC(Cl)C2CCC[N-]C12.[Cu+2].[O-]c1c(Cl)cc(Cl)c2c1NCC=C2. The van der Waals surface area contributed by atoms with Crippen molar-refractivity contribution in [3.63, 3.8) is 0 Å². The second-order valence-corrected chi connectivity index (χ2v) is 8.64. The van der Waals surface area contributed by atoms with Crippen LogP contribution in [0.3, 0.4) is 0 Å². The molecule has 1 saturated carbocycles. The quantitative estimate of drug-likeness (QED) is 0.403. The van der Waals surface area contributed by atoms with E-state index in [1.54, 1.807) is 0 Å². The fourth-order valence-corrected chi connectivity index (χ4v) is 5.09. The van der Waals surface area contributed by atoms with Gasteiger partial charge in [0.15, 0.2) is 0 Å². The van der Waals surface area contributed by atoms with E-state index in [2.05, 4.69) is 10.6 Å². The standard InChI is InChI=1S/C9H14Cl2NO.C9H7Cl2NO.Cu/c2*10-6-4-7(11)9(13)8-5(6)2-1-3-12-8;/h5-9,13H,1-4H2;1-2,4,12-13H,3H2;/q-1;;+2/p-1. The summed E-state index contributed by atoms with van der Waals surface area (Å²) in [6, 6.07) is 1.47. The first-order valence-electron chi connectivity index (χ1n) is 8.62. The van der Waals surface area contributed by atoms with Gasteiger partial charge in [-0.2, -0.15) is 0 Å². The van der Waals surface area contributed by atoms with Crippen molar-refractivity contribution in [3.8, 4) is 5.75 Å². The normalized spacial score (nSPS) is 31.4. The molecule has 2 aliphatic heterocycles. The minimum absolute atomic E-state index is 0. The Labute approximate surface area is 190 Å². The summed E-state index contributed by atoms with van der Waals surface area (Å²) in [6.45, 7) is 1.49. The fraction of sp³-hybridized carbons (Fsp3) is 0.556. The van der Waals surface area contributed by atoms with E-state index in [1.807, 2.05) is 12.2 Å². The smallest absolute Gasteiger partial charge is 0.870 e. The summed E-state index contributed by atoms with van der Waals surface area (Å²) in [5, 5.41) is 29.2. The molecule has 0 bridgehead atoms. The largest absolute Gasteiger partial charge is 2.00 e. The van der Waals surface area contributed by atoms with E-state index < -0.39 is 6.10 Å². The van der Waals surface area contributed by atoms with Crippen LogP contribution in [-0.2, 0) is 17.1 Å². The number of rotatable bonds is 0. The van der Waals surface area contributed by atoms with Crippen molar-refractivity contribution in [3.05, 3.63) is 33.1 Å². The number of alkyl halides is 2. The van der Waals surface area contributed by atoms with Crippen LogP contribution >= 0.6 is 46.4 Å². The Balaban J connectivity index is 0.000000187. The molecule has 5 atom stereocenters. The molecule has 2 fully saturated rings. The van der Waals surface area contributed by atoms with Gasteiger partial charge in [0.2, 0.25) is 0 Å². The maximum absolute atomic E-state index is 11.5. The van der Waals surface area contributed by atoms with Crippen molar-refractivity contribution in [1.82, 2.24) is 0 Å². The van der Waals surface area contributed by atoms with Crippen molar-refractivity contribution in [2.24, 2.45) is 5.92 Å². The average molecular weight is 502 g/mol. The number of nitrogens with one attached hydrogen (secondary N) is 1. The van der Waals surface area contributed by atoms with Crippen LogP contribution in [0.4, 0.5) is 5.69 Å². The minimum atomic E-state index is -0.484. The predicted molar refractivity (Wildman–Crippen MR) is 108 cm³/mol. The van der Waals surface area contributed by atoms with Crippen molar-refractivity contribution in [2.45, 2.75) is 42.2 Å². The van der Waals surface area contributed by atoms with Gasteiger partial charge in [0, 0.05) is 28.2 Å². The Morgan fingerprint density at radius 2 is 1.93 bits per heavy atom. The third-order valence-electron chi connectivity index (χ3n) is 5.01. The molecule has 0 spiro atoms. The van der Waals surface area contributed by atoms with Gasteiger partial charge in [0.25, 0.3) is 0 Å². The molecule has 5 unspecified atom stereocenters. The summed E-state index contributed by atoms with van der Waals surface area (Å²) >= 11 is 23.8. The van der Waals surface area contributed by atoms with Gasteiger partial charge < -0.3 is 20.8 Å². The molecule has 4 rings (SSSR count). The molecule has 153 valence electrons. The van der Waals surface area contributed by atoms with Crippen molar-refractivity contribution in [1.29, 1.82) is 0 Å². The molecular weight excluding hydrogens is 482 g/mol. The minimum Gasteiger partial charge on any atom is -0.870 e. The maximum atomic E-state index is 11.5. The molecule has 2 N–H and O–H groups in total. The Hall–Kier alpha value is 0.159. The van der Waals surface area contributed by atoms with Gasteiger partial charge in [0.1, 0.15) is 0 Å². The first-order chi connectivity index (χ1) is 12.4. The van der Waals surface area contributed by atoms with Gasteiger partial charge in [-0.1, -0.05) is 53.9 Å². The first kappa shape index (κ1) is 23.4. The Morgan fingerprint density at radius 3 is 2.67 bits per heavy atom. The molecule has 1 radical (unpaired) electrons. The number of piperidine rings is 1. The van der Waals surface area contributed by atoms with Gasteiger partial charge in [-0.3, -0.25) is 0 Å². The fourth-order valence-electron chi connectivity index (χ4n) is 3.66. The molecule has 9 heteroatoms. The number of halogens is 4. The van der Waals surface area contributed by atoms with Gasteiger partial charge in [0.05, 0.1) is 16.5 Å². The summed E-state index contributed by atoms with van der Waals surface area (Å²) in [4.78, 5) is 0. The van der Waals surface area contributed by atoms with E-state index >= 15 is 0 Å². The third-order valence-corrected chi connectivity index (χ3v) is 6.55. The molecule has 4 nitrogen and oxygen atoms in total. The van der Waals surface area contributed by atoms with Crippen LogP contribution in [0.2, 0.25) is 10.0 Å². The van der Waals surface area contributed by atoms with E-state index in [-0.39, 0.29) is 44.6 Å². The number of benzene rings is 1. The van der Waals surface area contributed by atoms with Crippen LogP contribution in [0.25, 0.3) is 11.4 Å². The second-order valence-electron chi connectivity index (χ2n) is 6.70. The van der Waals surface area contributed by atoms with Crippen LogP contribution < -0.4 is 10.4 Å². The van der Waals surface area contributed by atoms with E-state index in [9.17, 15) is 10.2 Å². The number of aliphatic hydroxyl groups excluding tert-OH is 1. The molecule has 0 amide bonds. The van der Waals surface area contributed by atoms with E-state index in [1.165, 1.54) is 6.07 Å². The van der Waals surface area contributed by atoms with Crippen LogP contribution in [-0.4, -0.2) is 41.1 Å². The van der Waals surface area contributed by atoms with Gasteiger partial charge >= 0.3 is 17.1 Å². The van der Waals surface area contributed by atoms with Crippen LogP contribution in [0.5, 0.6) is 5.75 Å². The summed E-state index contributed by atoms with van der Waals surface area (Å²) in [5.41, 5.74) is 1.22. The molecule has 3 aliphatic rings. The monoisotopic (exact) mass is 499 g/mol. The van der Waals surface area contributed by atoms with Crippen molar-refractivity contribution in [2.75, 3.05) is 18.4 Å². The summed E-state index contributed by atoms with van der Waals surface area (Å²) in [5.74, 6) is 0.158. The first-order valence-corrected chi connectivity index (χ1v) is 10.2. The zero-order valence-electron chi connectivity index (χ0n) is 14.3. The van der Waals surface area contributed by atoms with Crippen LogP contribution in [0.15, 0.2) is 12.1 Å². The van der Waals surface area contributed by atoms with Gasteiger partial charge in [-0.25, -0.2) is 0 Å². The summed E-state index contributed by atoms with van der Waals surface area (Å²) in [7, 11) is 0. The Bertz CT molecular complexity index is 692. The summed E-state index contributed by atoms with van der Waals surface area (Å²) in [6.07, 6.45) is 6.14. The van der Waals surface area contributed by atoms with Crippen LogP contribution in [0, 0.1) is 5.92 Å². The molecular formula is C18H20Cl4CuN2O2.